The third kappa shape index (κ3) is 5.40. The Morgan fingerprint density at radius 3 is 2.46 bits per heavy atom. The first kappa shape index (κ1) is 31.1. The Morgan fingerprint density at radius 1 is 1.10 bits per heavy atom. The minimum Gasteiger partial charge on any atom is -0.480 e. The van der Waals surface area contributed by atoms with Gasteiger partial charge in [0.15, 0.2) is 12.4 Å². The zero-order valence-corrected chi connectivity index (χ0v) is 24.5. The molecule has 0 heterocycles. The highest BCUT2D eigenvalue weighted by Gasteiger charge is 2.68. The lowest BCUT2D eigenvalue weighted by Crippen LogP contribution is -2.61. The molecule has 10 heteroatoms. The summed E-state index contributed by atoms with van der Waals surface area (Å²) in [5.74, 6) is -3.68. The van der Waals surface area contributed by atoms with Gasteiger partial charge in [0.1, 0.15) is 17.4 Å². The highest BCUT2D eigenvalue weighted by atomic mass is 16.5. The van der Waals surface area contributed by atoms with Crippen molar-refractivity contribution in [3.05, 3.63) is 11.6 Å². The van der Waals surface area contributed by atoms with Crippen molar-refractivity contribution in [3.8, 4) is 0 Å². The Morgan fingerprint density at radius 2 is 1.80 bits per heavy atom. The largest absolute Gasteiger partial charge is 0.480 e. The number of aliphatic carboxylic acids is 1. The fourth-order valence-electron chi connectivity index (χ4n) is 8.33. The van der Waals surface area contributed by atoms with E-state index in [-0.39, 0.29) is 66.3 Å². The van der Waals surface area contributed by atoms with Crippen LogP contribution in [0.3, 0.4) is 0 Å². The van der Waals surface area contributed by atoms with Crippen LogP contribution in [0.4, 0.5) is 0 Å². The van der Waals surface area contributed by atoms with Crippen LogP contribution in [0, 0.1) is 34.5 Å². The number of carbonyl (C=O) groups is 6. The normalized spacial score (nSPS) is 35.7. The number of allylic oxidation sites excluding steroid dienone is 1. The third-order valence-electron chi connectivity index (χ3n) is 11.0. The molecule has 0 aromatic carbocycles. The second kappa shape index (κ2) is 11.4. The van der Waals surface area contributed by atoms with Gasteiger partial charge in [0, 0.05) is 30.6 Å². The van der Waals surface area contributed by atoms with Crippen LogP contribution in [0.25, 0.3) is 0 Å². The number of hydrogen-bond donors (Lipinski definition) is 3. The Kier molecular flexibility index (Phi) is 8.65. The molecule has 4 aliphatic carbocycles. The predicted octanol–water partition coefficient (Wildman–Crippen LogP) is 2.94. The van der Waals surface area contributed by atoms with Gasteiger partial charge in [-0.2, -0.15) is 0 Å². The monoisotopic (exact) mass is 573 g/mol. The van der Waals surface area contributed by atoms with Crippen molar-refractivity contribution in [2.45, 2.75) is 104 Å². The smallest absolute Gasteiger partial charge is 0.326 e. The molecule has 4 aliphatic rings. The van der Waals surface area contributed by atoms with E-state index in [4.69, 9.17) is 4.74 Å². The molecule has 1 amide bonds. The van der Waals surface area contributed by atoms with Crippen molar-refractivity contribution in [3.63, 3.8) is 0 Å². The van der Waals surface area contributed by atoms with E-state index < -0.39 is 47.3 Å². The number of fused-ring (bicyclic) bond motifs is 5. The maximum absolute atomic E-state index is 13.7. The molecule has 0 saturated heterocycles. The van der Waals surface area contributed by atoms with Gasteiger partial charge >= 0.3 is 11.9 Å². The first-order chi connectivity index (χ1) is 19.2. The molecule has 0 radical (unpaired) electrons. The third-order valence-corrected chi connectivity index (χ3v) is 11.0. The number of ketones is 3. The molecular formula is C31H43NO9. The summed E-state index contributed by atoms with van der Waals surface area (Å²) in [4.78, 5) is 75.1. The first-order valence-electron chi connectivity index (χ1n) is 14.9. The summed E-state index contributed by atoms with van der Waals surface area (Å²) in [6.45, 7) is 6.74. The lowest BCUT2D eigenvalue weighted by atomic mass is 9.46. The van der Waals surface area contributed by atoms with Crippen LogP contribution in [-0.2, 0) is 33.5 Å². The van der Waals surface area contributed by atoms with Crippen LogP contribution in [0.5, 0.6) is 0 Å². The van der Waals surface area contributed by atoms with Gasteiger partial charge in [-0.25, -0.2) is 4.79 Å². The number of esters is 1. The molecule has 4 rings (SSSR count). The molecule has 0 unspecified atom stereocenters. The second-order valence-corrected chi connectivity index (χ2v) is 13.2. The Balaban J connectivity index is 1.37. The summed E-state index contributed by atoms with van der Waals surface area (Å²) in [6, 6.07) is -1.07. The summed E-state index contributed by atoms with van der Waals surface area (Å²) in [6.07, 6.45) is 4.96. The van der Waals surface area contributed by atoms with Crippen LogP contribution in [0.15, 0.2) is 11.6 Å². The molecule has 8 atom stereocenters. The second-order valence-electron chi connectivity index (χ2n) is 13.2. The van der Waals surface area contributed by atoms with Gasteiger partial charge in [-0.1, -0.05) is 39.7 Å². The molecule has 0 aromatic heterocycles. The molecule has 3 saturated carbocycles. The number of rotatable bonds is 10. The van der Waals surface area contributed by atoms with Crippen molar-refractivity contribution in [1.82, 2.24) is 5.32 Å². The first-order valence-corrected chi connectivity index (χ1v) is 14.9. The van der Waals surface area contributed by atoms with E-state index in [1.165, 1.54) is 0 Å². The zero-order chi connectivity index (χ0) is 30.3. The summed E-state index contributed by atoms with van der Waals surface area (Å²) in [5.41, 5.74) is -2.13. The molecule has 0 aliphatic heterocycles. The summed E-state index contributed by atoms with van der Waals surface area (Å²) < 4.78 is 5.14. The van der Waals surface area contributed by atoms with Gasteiger partial charge in [-0.05, 0) is 61.3 Å². The number of amides is 1. The molecule has 3 N–H and O–H groups in total. The molecule has 226 valence electrons. The minimum absolute atomic E-state index is 0.00421. The van der Waals surface area contributed by atoms with Gasteiger partial charge in [0.05, 0.1) is 6.42 Å². The molecule has 3 fully saturated rings. The Hall–Kier alpha value is -2.88. The molecule has 41 heavy (non-hydrogen) atoms. The van der Waals surface area contributed by atoms with E-state index in [0.717, 1.165) is 18.4 Å². The van der Waals surface area contributed by atoms with Gasteiger partial charge in [-0.15, -0.1) is 0 Å². The van der Waals surface area contributed by atoms with Crippen molar-refractivity contribution < 1.29 is 43.7 Å². The summed E-state index contributed by atoms with van der Waals surface area (Å²) in [5, 5.41) is 23.5. The number of carboxylic acid groups (broad SMARTS) is 1. The van der Waals surface area contributed by atoms with Crippen molar-refractivity contribution in [2.24, 2.45) is 34.5 Å². The van der Waals surface area contributed by atoms with E-state index in [1.807, 2.05) is 6.92 Å². The van der Waals surface area contributed by atoms with E-state index in [9.17, 15) is 39.0 Å². The van der Waals surface area contributed by atoms with Gasteiger partial charge in [-0.3, -0.25) is 24.0 Å². The number of carbonyl (C=O) groups excluding carboxylic acids is 5. The average molecular weight is 574 g/mol. The SMILES string of the molecule is CC[C@H](C)[C@H](NC(=O)CCC(=O)OCC(=O)[C@@]1(O)CC[C@@H]2[C@@H]3CCC4=CC(=O)CC[C@]4(C)[C@H]3C(=O)C[C@@]21C)C(=O)O. The van der Waals surface area contributed by atoms with Crippen LogP contribution in [0.2, 0.25) is 0 Å². The van der Waals surface area contributed by atoms with Gasteiger partial charge in [0.25, 0.3) is 0 Å². The highest BCUT2D eigenvalue weighted by molar-refractivity contribution is 5.95. The average Bonchev–Trinajstić information content (AvgIpc) is 3.19. The van der Waals surface area contributed by atoms with Crippen LogP contribution >= 0.6 is 0 Å². The van der Waals surface area contributed by atoms with Crippen LogP contribution in [0.1, 0.15) is 91.9 Å². The number of aliphatic hydroxyl groups is 1. The summed E-state index contributed by atoms with van der Waals surface area (Å²) in [7, 11) is 0. The van der Waals surface area contributed by atoms with Crippen molar-refractivity contribution in [1.29, 1.82) is 0 Å². The molecule has 10 nitrogen and oxygen atoms in total. The lowest BCUT2D eigenvalue weighted by molar-refractivity contribution is -0.173. The summed E-state index contributed by atoms with van der Waals surface area (Å²) >= 11 is 0. The quantitative estimate of drug-likeness (QED) is 0.333. The van der Waals surface area contributed by atoms with E-state index in [0.29, 0.717) is 25.7 Å². The Labute approximate surface area is 240 Å². The Bertz CT molecular complexity index is 1180. The lowest BCUT2D eigenvalue weighted by Gasteiger charge is -2.57. The maximum atomic E-state index is 13.7. The number of ether oxygens (including phenoxy) is 1. The van der Waals surface area contributed by atoms with Crippen LogP contribution < -0.4 is 5.32 Å². The number of nitrogens with one attached hydrogen (secondary N) is 1. The maximum Gasteiger partial charge on any atom is 0.326 e. The van der Waals surface area contributed by atoms with E-state index in [1.54, 1.807) is 19.9 Å². The van der Waals surface area contributed by atoms with Gasteiger partial charge < -0.3 is 20.3 Å². The highest BCUT2D eigenvalue weighted by Crippen LogP contribution is 2.66. The van der Waals surface area contributed by atoms with E-state index >= 15 is 0 Å². The molecule has 0 aromatic rings. The minimum atomic E-state index is -1.82. The van der Waals surface area contributed by atoms with Crippen LogP contribution in [-0.4, -0.2) is 63.7 Å². The number of carboxylic acids is 1. The molecular weight excluding hydrogens is 530 g/mol. The van der Waals surface area contributed by atoms with Gasteiger partial charge in [0.2, 0.25) is 11.7 Å². The number of hydrogen-bond acceptors (Lipinski definition) is 8. The number of Topliss-reactive ketones (excluding diaryl/α,β-unsaturated/α-hetero) is 2. The fraction of sp³-hybridized carbons (Fsp3) is 0.742. The molecule has 0 bridgehead atoms. The zero-order valence-electron chi connectivity index (χ0n) is 24.5. The van der Waals surface area contributed by atoms with Crippen molar-refractivity contribution in [2.75, 3.05) is 6.61 Å². The standard InChI is InChI=1S/C31H43NO9/c1-5-17(2)27(28(38)39)32-24(36)8-9-25(37)41-16-23(35)31(40)13-11-21-20-7-6-18-14-19(33)10-12-29(18,3)26(20)22(34)15-30(21,31)4/h14,17,20-21,26-27,40H,5-13,15-16H2,1-4H3,(H,32,36)(H,38,39)/t17-,20-,21+,26+,27-,29-,30-,31-/m0/s1. The van der Waals surface area contributed by atoms with Crippen molar-refractivity contribution >= 4 is 35.2 Å². The predicted molar refractivity (Wildman–Crippen MR) is 146 cm³/mol. The fourth-order valence-corrected chi connectivity index (χ4v) is 8.33. The molecule has 0 spiro atoms. The topological polar surface area (TPSA) is 164 Å². The van der Waals surface area contributed by atoms with E-state index in [2.05, 4.69) is 12.2 Å².